The van der Waals surface area contributed by atoms with Crippen LogP contribution in [0.3, 0.4) is 0 Å². The fourth-order valence-corrected chi connectivity index (χ4v) is 5.84. The molecule has 34 heavy (non-hydrogen) atoms. The Balaban J connectivity index is 1.73. The maximum Gasteiger partial charge on any atom is 0.424 e. The third-order valence-corrected chi connectivity index (χ3v) is 7.61. The number of rotatable bonds is 11. The van der Waals surface area contributed by atoms with E-state index < -0.39 is 34.3 Å². The molecule has 0 bridgehead atoms. The van der Waals surface area contributed by atoms with Gasteiger partial charge in [0, 0.05) is 39.0 Å². The fourth-order valence-electron chi connectivity index (χ4n) is 5.84. The number of hydrogen-bond acceptors (Lipinski definition) is 7. The van der Waals surface area contributed by atoms with E-state index in [-0.39, 0.29) is 19.5 Å². The Hall–Kier alpha value is -2.08. The van der Waals surface area contributed by atoms with Gasteiger partial charge in [-0.1, -0.05) is 25.7 Å². The lowest BCUT2D eigenvalue weighted by atomic mass is 9.90. The summed E-state index contributed by atoms with van der Waals surface area (Å²) in [6.07, 6.45) is 6.43. The molecule has 5 amide bonds. The Bertz CT molecular complexity index is 725. The summed E-state index contributed by atoms with van der Waals surface area (Å²) in [4.78, 5) is 53.2. The third kappa shape index (κ3) is 6.32. The molecule has 2 aliphatic heterocycles. The molecule has 3 fully saturated rings. The Morgan fingerprint density at radius 3 is 2.53 bits per heavy atom. The molecule has 3 aliphatic rings. The van der Waals surface area contributed by atoms with Crippen molar-refractivity contribution in [1.82, 2.24) is 15.3 Å². The van der Waals surface area contributed by atoms with Gasteiger partial charge in [-0.3, -0.25) is 19.7 Å². The maximum absolute atomic E-state index is 14.0. The number of hydroxylamine groups is 2. The van der Waals surface area contributed by atoms with Crippen LogP contribution < -0.4 is 11.1 Å². The van der Waals surface area contributed by atoms with Gasteiger partial charge in [0.2, 0.25) is 6.41 Å². The zero-order chi connectivity index (χ0) is 24.6. The van der Waals surface area contributed by atoms with Gasteiger partial charge in [-0.15, -0.1) is 0 Å². The predicted octanol–water partition coefficient (Wildman–Crippen LogP) is 0.454. The van der Waals surface area contributed by atoms with E-state index in [1.165, 1.54) is 0 Å². The molecule has 11 nitrogen and oxygen atoms in total. The topological polar surface area (TPSA) is 142 Å². The number of nitrogens with zero attached hydrogens (tertiary/aromatic N) is 3. The molecule has 0 aromatic carbocycles. The molecule has 0 aromatic rings. The first kappa shape index (κ1) is 26.5. The van der Waals surface area contributed by atoms with Crippen LogP contribution in [0, 0.1) is 11.8 Å². The van der Waals surface area contributed by atoms with Crippen molar-refractivity contribution >= 4 is 24.3 Å². The lowest BCUT2D eigenvalue weighted by Gasteiger charge is -2.36. The molecule has 0 radical (unpaired) electrons. The van der Waals surface area contributed by atoms with Gasteiger partial charge in [-0.2, -0.15) is 4.48 Å². The minimum Gasteiger partial charge on any atom is -0.379 e. The van der Waals surface area contributed by atoms with Crippen LogP contribution >= 0.6 is 0 Å². The van der Waals surface area contributed by atoms with Crippen LogP contribution in [0.2, 0.25) is 0 Å². The standard InChI is InChI=1S/C23H39N5O6/c24-21(30)20-7-3-12-28(20,23(32)25-8-4-9-26-10-13-34-14-11-26)22(31)19(16-27(33)17-29)15-18-5-1-2-6-18/h17-20,33H,1-16H2,(H2-,24,25,30,32)/p+1/t19-,20+,28?/m1/s1. The Labute approximate surface area is 201 Å². The summed E-state index contributed by atoms with van der Waals surface area (Å²) >= 11 is 0. The van der Waals surface area contributed by atoms with Crippen LogP contribution in [0.1, 0.15) is 51.4 Å². The van der Waals surface area contributed by atoms with Crippen LogP contribution in [-0.2, 0) is 19.1 Å². The van der Waals surface area contributed by atoms with Crippen LogP contribution in [0.5, 0.6) is 0 Å². The van der Waals surface area contributed by atoms with E-state index in [0.717, 1.165) is 45.3 Å². The lowest BCUT2D eigenvalue weighted by molar-refractivity contribution is -0.779. The van der Waals surface area contributed by atoms with E-state index in [1.54, 1.807) is 0 Å². The normalized spacial score (nSPS) is 26.8. The number of amides is 5. The van der Waals surface area contributed by atoms with Crippen molar-refractivity contribution in [2.75, 3.05) is 52.5 Å². The predicted molar refractivity (Wildman–Crippen MR) is 122 cm³/mol. The Morgan fingerprint density at radius 2 is 1.88 bits per heavy atom. The monoisotopic (exact) mass is 482 g/mol. The summed E-state index contributed by atoms with van der Waals surface area (Å²) in [7, 11) is 0. The molecular weight excluding hydrogens is 442 g/mol. The minimum absolute atomic E-state index is 0.190. The number of ether oxygens (including phenoxy) is 1. The highest BCUT2D eigenvalue weighted by Gasteiger charge is 2.58. The van der Waals surface area contributed by atoms with Gasteiger partial charge in [-0.25, -0.2) is 14.7 Å². The molecule has 1 aliphatic carbocycles. The van der Waals surface area contributed by atoms with Gasteiger partial charge >= 0.3 is 11.9 Å². The number of quaternary nitrogens is 1. The molecule has 3 rings (SSSR count). The first-order valence-electron chi connectivity index (χ1n) is 12.6. The molecule has 0 aromatic heterocycles. The van der Waals surface area contributed by atoms with Gasteiger partial charge in [0.1, 0.15) is 0 Å². The van der Waals surface area contributed by atoms with Gasteiger partial charge in [0.05, 0.1) is 32.2 Å². The highest BCUT2D eigenvalue weighted by atomic mass is 16.5. The van der Waals surface area contributed by atoms with Crippen molar-refractivity contribution in [2.24, 2.45) is 17.6 Å². The van der Waals surface area contributed by atoms with Crippen LogP contribution in [0.15, 0.2) is 0 Å². The number of carbonyl (C=O) groups is 4. The van der Waals surface area contributed by atoms with Crippen LogP contribution in [0.4, 0.5) is 4.79 Å². The van der Waals surface area contributed by atoms with E-state index in [1.807, 2.05) is 0 Å². The van der Waals surface area contributed by atoms with Crippen molar-refractivity contribution in [3.05, 3.63) is 0 Å². The highest BCUT2D eigenvalue weighted by Crippen LogP contribution is 2.36. The zero-order valence-corrected chi connectivity index (χ0v) is 20.0. The summed E-state index contributed by atoms with van der Waals surface area (Å²) in [6.45, 7) is 4.28. The molecule has 1 unspecified atom stereocenters. The highest BCUT2D eigenvalue weighted by molar-refractivity contribution is 5.91. The van der Waals surface area contributed by atoms with Crippen molar-refractivity contribution in [3.63, 3.8) is 0 Å². The SMILES string of the molecule is NC(=O)[C@@H]1CCC[N+]1(C(=O)NCCCN1CCOCC1)C(=O)[C@H](CC1CCCC1)CN(O)C=O. The average molecular weight is 483 g/mol. The average Bonchev–Trinajstić information content (AvgIpc) is 3.52. The number of imide groups is 1. The second kappa shape index (κ2) is 12.6. The third-order valence-electron chi connectivity index (χ3n) is 7.61. The number of morpholine rings is 1. The smallest absolute Gasteiger partial charge is 0.379 e. The van der Waals surface area contributed by atoms with Gasteiger partial charge < -0.3 is 15.8 Å². The van der Waals surface area contributed by atoms with E-state index in [0.29, 0.717) is 56.4 Å². The molecule has 2 saturated heterocycles. The minimum atomic E-state index is -0.943. The van der Waals surface area contributed by atoms with Crippen molar-refractivity contribution < 1.29 is 33.6 Å². The first-order chi connectivity index (χ1) is 16.4. The summed E-state index contributed by atoms with van der Waals surface area (Å²) in [5, 5.41) is 13.2. The van der Waals surface area contributed by atoms with Crippen molar-refractivity contribution in [2.45, 2.75) is 57.4 Å². The second-order valence-electron chi connectivity index (χ2n) is 9.84. The molecule has 3 atom stereocenters. The van der Waals surface area contributed by atoms with E-state index in [2.05, 4.69) is 10.2 Å². The summed E-state index contributed by atoms with van der Waals surface area (Å²) in [6, 6.07) is -1.46. The Kier molecular flexibility index (Phi) is 9.81. The number of urea groups is 1. The molecule has 4 N–H and O–H groups in total. The van der Waals surface area contributed by atoms with E-state index in [9.17, 15) is 24.4 Å². The quantitative estimate of drug-likeness (QED) is 0.128. The van der Waals surface area contributed by atoms with E-state index in [4.69, 9.17) is 10.5 Å². The number of carbonyl (C=O) groups excluding carboxylic acids is 4. The molecule has 0 spiro atoms. The lowest BCUT2D eigenvalue weighted by Crippen LogP contribution is -2.68. The number of likely N-dealkylation sites (tertiary alicyclic amines) is 1. The largest absolute Gasteiger partial charge is 0.424 e. The summed E-state index contributed by atoms with van der Waals surface area (Å²) in [5.74, 6) is -1.57. The summed E-state index contributed by atoms with van der Waals surface area (Å²) in [5.41, 5.74) is 5.67. The number of nitrogens with one attached hydrogen (secondary N) is 1. The van der Waals surface area contributed by atoms with Crippen molar-refractivity contribution in [1.29, 1.82) is 0 Å². The zero-order valence-electron chi connectivity index (χ0n) is 20.0. The van der Waals surface area contributed by atoms with Crippen LogP contribution in [0.25, 0.3) is 0 Å². The maximum atomic E-state index is 14.0. The van der Waals surface area contributed by atoms with Gasteiger partial charge in [-0.05, 0) is 18.8 Å². The molecule has 192 valence electrons. The number of primary amides is 1. The fraction of sp³-hybridized carbons (Fsp3) is 0.826. The number of nitrogens with two attached hydrogens (primary N) is 1. The van der Waals surface area contributed by atoms with Crippen LogP contribution in [-0.4, -0.2) is 102 Å². The van der Waals surface area contributed by atoms with Gasteiger partial charge in [0.25, 0.3) is 5.91 Å². The molecular formula is C23H40N5O6+. The van der Waals surface area contributed by atoms with Gasteiger partial charge in [0.15, 0.2) is 6.04 Å². The Morgan fingerprint density at radius 1 is 1.18 bits per heavy atom. The van der Waals surface area contributed by atoms with E-state index >= 15 is 0 Å². The second-order valence-corrected chi connectivity index (χ2v) is 9.84. The molecule has 11 heteroatoms. The first-order valence-corrected chi connectivity index (χ1v) is 12.6. The van der Waals surface area contributed by atoms with Crippen molar-refractivity contribution in [3.8, 4) is 0 Å². The molecule has 1 saturated carbocycles. The summed E-state index contributed by atoms with van der Waals surface area (Å²) < 4.78 is 4.68. The molecule has 2 heterocycles. The number of hydrogen-bond donors (Lipinski definition) is 3.